The molecule has 0 atom stereocenters. The predicted molar refractivity (Wildman–Crippen MR) is 78.2 cm³/mol. The van der Waals surface area contributed by atoms with Gasteiger partial charge in [-0.1, -0.05) is 40.9 Å². The van der Waals surface area contributed by atoms with Gasteiger partial charge < -0.3 is 9.84 Å². The number of ether oxygens (including phenoxy) is 1. The lowest BCUT2D eigenvalue weighted by atomic mass is 10.2. The van der Waals surface area contributed by atoms with Gasteiger partial charge in [0.05, 0.1) is 6.61 Å². The summed E-state index contributed by atoms with van der Waals surface area (Å²) >= 11 is 18.0. The normalized spacial score (nSPS) is 10.5. The minimum absolute atomic E-state index is 0.147. The van der Waals surface area contributed by atoms with Crippen molar-refractivity contribution in [2.24, 2.45) is 0 Å². The number of benzene rings is 2. The number of halogens is 3. The van der Waals surface area contributed by atoms with E-state index >= 15 is 0 Å². The van der Waals surface area contributed by atoms with E-state index in [1.807, 2.05) is 0 Å². The molecular weight excluding hydrogens is 307 g/mol. The van der Waals surface area contributed by atoms with E-state index in [-0.39, 0.29) is 13.2 Å². The molecule has 2 aromatic carbocycles. The maximum absolute atomic E-state index is 9.26. The van der Waals surface area contributed by atoms with E-state index in [1.165, 1.54) is 0 Å². The summed E-state index contributed by atoms with van der Waals surface area (Å²) in [6.07, 6.45) is 0. The zero-order chi connectivity index (χ0) is 13.8. The molecule has 0 saturated heterocycles. The Kier molecular flexibility index (Phi) is 4.94. The summed E-state index contributed by atoms with van der Waals surface area (Å²) in [5.41, 5.74) is 1.33. The lowest BCUT2D eigenvalue weighted by Gasteiger charge is -2.12. The van der Waals surface area contributed by atoms with Crippen LogP contribution in [-0.4, -0.2) is 5.11 Å². The molecule has 0 fully saturated rings. The van der Waals surface area contributed by atoms with Crippen molar-refractivity contribution in [3.05, 3.63) is 62.6 Å². The first-order valence-corrected chi connectivity index (χ1v) is 6.70. The Hall–Kier alpha value is -0.930. The molecule has 5 heteroatoms. The molecule has 0 aliphatic heterocycles. The largest absolute Gasteiger partial charge is 0.488 e. The Morgan fingerprint density at radius 3 is 2.32 bits per heavy atom. The van der Waals surface area contributed by atoms with Crippen LogP contribution in [0.2, 0.25) is 15.1 Å². The van der Waals surface area contributed by atoms with Gasteiger partial charge in [0, 0.05) is 26.2 Å². The Labute approximate surface area is 126 Å². The molecule has 0 radical (unpaired) electrons. The van der Waals surface area contributed by atoms with Crippen molar-refractivity contribution >= 4 is 34.8 Å². The minimum atomic E-state index is -0.147. The van der Waals surface area contributed by atoms with Crippen molar-refractivity contribution in [2.75, 3.05) is 0 Å². The Morgan fingerprint density at radius 2 is 1.68 bits per heavy atom. The first-order chi connectivity index (χ1) is 9.11. The van der Waals surface area contributed by atoms with Crippen molar-refractivity contribution in [2.45, 2.75) is 13.2 Å². The molecule has 2 aromatic rings. The molecule has 100 valence electrons. The zero-order valence-corrected chi connectivity index (χ0v) is 12.1. The third-order valence-electron chi connectivity index (χ3n) is 2.63. The fraction of sp³-hybridized carbons (Fsp3) is 0.143. The molecule has 0 bridgehead atoms. The molecule has 0 saturated carbocycles. The number of hydrogen-bond donors (Lipinski definition) is 1. The first kappa shape index (κ1) is 14.5. The van der Waals surface area contributed by atoms with Gasteiger partial charge in [-0.05, 0) is 30.3 Å². The quantitative estimate of drug-likeness (QED) is 0.884. The van der Waals surface area contributed by atoms with E-state index < -0.39 is 0 Å². The van der Waals surface area contributed by atoms with Crippen LogP contribution in [0, 0.1) is 0 Å². The van der Waals surface area contributed by atoms with Crippen molar-refractivity contribution in [1.82, 2.24) is 0 Å². The molecule has 0 spiro atoms. The van der Waals surface area contributed by atoms with Gasteiger partial charge in [0.1, 0.15) is 12.4 Å². The van der Waals surface area contributed by atoms with Crippen LogP contribution in [0.15, 0.2) is 36.4 Å². The molecule has 0 heterocycles. The van der Waals surface area contributed by atoms with Crippen LogP contribution in [0.3, 0.4) is 0 Å². The molecule has 0 amide bonds. The topological polar surface area (TPSA) is 29.5 Å². The average Bonchev–Trinajstić information content (AvgIpc) is 2.39. The van der Waals surface area contributed by atoms with Gasteiger partial charge >= 0.3 is 0 Å². The highest BCUT2D eigenvalue weighted by Crippen LogP contribution is 2.28. The zero-order valence-electron chi connectivity index (χ0n) is 9.87. The molecule has 0 unspecified atom stereocenters. The molecule has 1 N–H and O–H groups in total. The van der Waals surface area contributed by atoms with Crippen LogP contribution < -0.4 is 4.74 Å². The number of aliphatic hydroxyl groups excluding tert-OH is 1. The Bertz CT molecular complexity index is 565. The molecule has 19 heavy (non-hydrogen) atoms. The molecular formula is C14H11Cl3O2. The van der Waals surface area contributed by atoms with E-state index in [2.05, 4.69) is 0 Å². The monoisotopic (exact) mass is 316 g/mol. The lowest BCUT2D eigenvalue weighted by Crippen LogP contribution is -2.00. The summed E-state index contributed by atoms with van der Waals surface area (Å²) in [7, 11) is 0. The highest BCUT2D eigenvalue weighted by molar-refractivity contribution is 6.35. The van der Waals surface area contributed by atoms with E-state index in [0.717, 1.165) is 0 Å². The second-order valence-corrected chi connectivity index (χ2v) is 5.15. The van der Waals surface area contributed by atoms with Gasteiger partial charge in [-0.2, -0.15) is 0 Å². The number of rotatable bonds is 4. The molecule has 0 aromatic heterocycles. The summed E-state index contributed by atoms with van der Waals surface area (Å²) in [5, 5.41) is 10.9. The molecule has 0 aliphatic rings. The number of hydrogen-bond acceptors (Lipinski definition) is 2. The maximum Gasteiger partial charge on any atom is 0.125 e. The molecule has 0 aliphatic carbocycles. The predicted octanol–water partition coefficient (Wildman–Crippen LogP) is 4.72. The van der Waals surface area contributed by atoms with Crippen LogP contribution >= 0.6 is 34.8 Å². The maximum atomic E-state index is 9.26. The van der Waals surface area contributed by atoms with Gasteiger partial charge in [0.25, 0.3) is 0 Å². The van der Waals surface area contributed by atoms with Gasteiger partial charge in [0.15, 0.2) is 0 Å². The summed E-state index contributed by atoms with van der Waals surface area (Å²) in [6.45, 7) is 0.0826. The van der Waals surface area contributed by atoms with Crippen molar-refractivity contribution in [1.29, 1.82) is 0 Å². The van der Waals surface area contributed by atoms with E-state index in [9.17, 15) is 5.11 Å². The van der Waals surface area contributed by atoms with Crippen LogP contribution in [0.4, 0.5) is 0 Å². The SMILES string of the molecule is OCc1cc(Cl)ccc1OCc1c(Cl)cccc1Cl. The third-order valence-corrected chi connectivity index (χ3v) is 3.57. The standard InChI is InChI=1S/C14H11Cl3O2/c15-10-4-5-14(9(6-10)7-18)19-8-11-12(16)2-1-3-13(11)17/h1-6,18H,7-8H2. The smallest absolute Gasteiger partial charge is 0.125 e. The van der Waals surface area contributed by atoms with Crippen molar-refractivity contribution < 1.29 is 9.84 Å². The second kappa shape index (κ2) is 6.49. The van der Waals surface area contributed by atoms with Crippen LogP contribution in [0.25, 0.3) is 0 Å². The fourth-order valence-electron chi connectivity index (χ4n) is 1.63. The summed E-state index contributed by atoms with van der Waals surface area (Å²) < 4.78 is 5.64. The van der Waals surface area contributed by atoms with Crippen molar-refractivity contribution in [3.8, 4) is 5.75 Å². The molecule has 2 nitrogen and oxygen atoms in total. The van der Waals surface area contributed by atoms with Gasteiger partial charge in [-0.25, -0.2) is 0 Å². The Balaban J connectivity index is 2.19. The minimum Gasteiger partial charge on any atom is -0.488 e. The Morgan fingerprint density at radius 1 is 1.00 bits per heavy atom. The highest BCUT2D eigenvalue weighted by atomic mass is 35.5. The summed E-state index contributed by atoms with van der Waals surface area (Å²) in [4.78, 5) is 0. The van der Waals surface area contributed by atoms with Crippen LogP contribution in [0.1, 0.15) is 11.1 Å². The van der Waals surface area contributed by atoms with Crippen LogP contribution in [0.5, 0.6) is 5.75 Å². The third kappa shape index (κ3) is 3.54. The van der Waals surface area contributed by atoms with Gasteiger partial charge in [0.2, 0.25) is 0 Å². The lowest BCUT2D eigenvalue weighted by molar-refractivity contribution is 0.259. The average molecular weight is 318 g/mol. The van der Waals surface area contributed by atoms with E-state index in [1.54, 1.807) is 36.4 Å². The fourth-order valence-corrected chi connectivity index (χ4v) is 2.33. The van der Waals surface area contributed by atoms with E-state index in [0.29, 0.717) is 31.9 Å². The summed E-state index contributed by atoms with van der Waals surface area (Å²) in [5.74, 6) is 0.558. The van der Waals surface area contributed by atoms with Crippen LogP contribution in [-0.2, 0) is 13.2 Å². The van der Waals surface area contributed by atoms with Crippen molar-refractivity contribution in [3.63, 3.8) is 0 Å². The highest BCUT2D eigenvalue weighted by Gasteiger charge is 2.08. The van der Waals surface area contributed by atoms with E-state index in [4.69, 9.17) is 39.5 Å². The van der Waals surface area contributed by atoms with Gasteiger partial charge in [-0.15, -0.1) is 0 Å². The second-order valence-electron chi connectivity index (χ2n) is 3.90. The molecule has 2 rings (SSSR count). The first-order valence-electron chi connectivity index (χ1n) is 5.57. The summed E-state index contributed by atoms with van der Waals surface area (Å²) in [6, 6.07) is 10.3. The number of aliphatic hydroxyl groups is 1. The van der Waals surface area contributed by atoms with Gasteiger partial charge in [-0.3, -0.25) is 0 Å².